The molecule has 2 rings (SSSR count). The molecule has 0 bridgehead atoms. The molecule has 2 aromatic carbocycles. The third-order valence-corrected chi connectivity index (χ3v) is 3.12. The molecule has 1 N–H and O–H groups in total. The van der Waals surface area contributed by atoms with E-state index in [4.69, 9.17) is 9.47 Å². The van der Waals surface area contributed by atoms with Gasteiger partial charge in [-0.15, -0.1) is 0 Å². The van der Waals surface area contributed by atoms with E-state index in [9.17, 15) is 0 Å². The van der Waals surface area contributed by atoms with Gasteiger partial charge in [0.05, 0.1) is 12.7 Å². The van der Waals surface area contributed by atoms with E-state index in [2.05, 4.69) is 23.5 Å². The van der Waals surface area contributed by atoms with Crippen LogP contribution in [0.4, 0.5) is 5.69 Å². The minimum atomic E-state index is 0.173. The molecule has 0 unspecified atom stereocenters. The molecule has 0 aliphatic carbocycles. The largest absolute Gasteiger partial charge is 0.491 e. The summed E-state index contributed by atoms with van der Waals surface area (Å²) in [6.45, 7) is 5.41. The summed E-state index contributed by atoms with van der Waals surface area (Å²) < 4.78 is 11.1. The number of para-hydroxylation sites is 2. The number of anilines is 1. The third-order valence-electron chi connectivity index (χ3n) is 3.12. The summed E-state index contributed by atoms with van der Waals surface area (Å²) in [7, 11) is 1.71. The van der Waals surface area contributed by atoms with Crippen LogP contribution in [0.5, 0.6) is 5.75 Å². The Hall–Kier alpha value is -2.00. The lowest BCUT2D eigenvalue weighted by Gasteiger charge is -2.16. The molecule has 0 radical (unpaired) electrons. The van der Waals surface area contributed by atoms with Crippen molar-refractivity contribution in [1.82, 2.24) is 0 Å². The molecule has 3 nitrogen and oxygen atoms in total. The highest BCUT2D eigenvalue weighted by molar-refractivity contribution is 5.51. The molecule has 0 aliphatic rings. The molecule has 112 valence electrons. The van der Waals surface area contributed by atoms with Crippen molar-refractivity contribution >= 4 is 5.69 Å². The molecule has 0 amide bonds. The number of hydrogen-bond donors (Lipinski definition) is 1. The summed E-state index contributed by atoms with van der Waals surface area (Å²) in [4.78, 5) is 0. The zero-order valence-electron chi connectivity index (χ0n) is 12.9. The zero-order valence-corrected chi connectivity index (χ0v) is 12.9. The Morgan fingerprint density at radius 3 is 2.33 bits per heavy atom. The van der Waals surface area contributed by atoms with E-state index in [0.717, 1.165) is 29.1 Å². The molecular formula is C18H23NO2. The fourth-order valence-corrected chi connectivity index (χ4v) is 2.18. The van der Waals surface area contributed by atoms with Crippen molar-refractivity contribution in [2.24, 2.45) is 0 Å². The Morgan fingerprint density at radius 1 is 0.952 bits per heavy atom. The standard InChI is InChI=1S/C18H23NO2/c1-14(2)21-18-11-7-5-8-15(18)12-19-17-10-6-4-9-16(17)13-20-3/h4-11,14,19H,12-13H2,1-3H3. The van der Waals surface area contributed by atoms with Crippen molar-refractivity contribution in [2.75, 3.05) is 12.4 Å². The van der Waals surface area contributed by atoms with E-state index in [-0.39, 0.29) is 6.10 Å². The number of benzene rings is 2. The molecule has 2 aromatic rings. The first-order valence-electron chi connectivity index (χ1n) is 7.26. The lowest BCUT2D eigenvalue weighted by molar-refractivity contribution is 0.185. The highest BCUT2D eigenvalue weighted by Gasteiger charge is 2.06. The summed E-state index contributed by atoms with van der Waals surface area (Å²) in [6, 6.07) is 16.3. The number of rotatable bonds is 7. The predicted octanol–water partition coefficient (Wildman–Crippen LogP) is 4.23. The Morgan fingerprint density at radius 2 is 1.62 bits per heavy atom. The maximum Gasteiger partial charge on any atom is 0.124 e. The van der Waals surface area contributed by atoms with E-state index >= 15 is 0 Å². The van der Waals surface area contributed by atoms with Gasteiger partial charge in [-0.25, -0.2) is 0 Å². The van der Waals surface area contributed by atoms with Gasteiger partial charge in [0.2, 0.25) is 0 Å². The van der Waals surface area contributed by atoms with Gasteiger partial charge in [0.1, 0.15) is 5.75 Å². The Bertz CT molecular complexity index is 567. The van der Waals surface area contributed by atoms with Crippen molar-refractivity contribution < 1.29 is 9.47 Å². The topological polar surface area (TPSA) is 30.5 Å². The number of ether oxygens (including phenoxy) is 2. The Labute approximate surface area is 126 Å². The first-order valence-corrected chi connectivity index (χ1v) is 7.26. The van der Waals surface area contributed by atoms with Gasteiger partial charge in [-0.3, -0.25) is 0 Å². The third kappa shape index (κ3) is 4.50. The van der Waals surface area contributed by atoms with Crippen molar-refractivity contribution in [1.29, 1.82) is 0 Å². The second-order valence-electron chi connectivity index (χ2n) is 5.22. The van der Waals surface area contributed by atoms with Crippen LogP contribution in [0.3, 0.4) is 0 Å². The number of methoxy groups -OCH3 is 1. The van der Waals surface area contributed by atoms with Crippen molar-refractivity contribution in [2.45, 2.75) is 33.1 Å². The van der Waals surface area contributed by atoms with Crippen molar-refractivity contribution in [3.63, 3.8) is 0 Å². The highest BCUT2D eigenvalue weighted by Crippen LogP contribution is 2.22. The van der Waals surface area contributed by atoms with Gasteiger partial charge in [-0.1, -0.05) is 36.4 Å². The molecule has 0 atom stereocenters. The van der Waals surface area contributed by atoms with Gasteiger partial charge in [0.15, 0.2) is 0 Å². The fourth-order valence-electron chi connectivity index (χ4n) is 2.18. The van der Waals surface area contributed by atoms with Crippen LogP contribution in [0.1, 0.15) is 25.0 Å². The summed E-state index contributed by atoms with van der Waals surface area (Å²) >= 11 is 0. The van der Waals surface area contributed by atoms with Gasteiger partial charge in [0.25, 0.3) is 0 Å². The van der Waals surface area contributed by atoms with E-state index in [0.29, 0.717) is 6.61 Å². The maximum atomic E-state index is 5.85. The molecular weight excluding hydrogens is 262 g/mol. The van der Waals surface area contributed by atoms with E-state index in [1.54, 1.807) is 7.11 Å². The van der Waals surface area contributed by atoms with Crippen molar-refractivity contribution in [3.05, 3.63) is 59.7 Å². The second-order valence-corrected chi connectivity index (χ2v) is 5.22. The average Bonchev–Trinajstić information content (AvgIpc) is 2.47. The summed E-state index contributed by atoms with van der Waals surface area (Å²) in [5.41, 5.74) is 3.40. The van der Waals surface area contributed by atoms with Crippen LogP contribution in [0, 0.1) is 0 Å². The SMILES string of the molecule is COCc1ccccc1NCc1ccccc1OC(C)C. The first kappa shape index (κ1) is 15.4. The molecule has 0 spiro atoms. The minimum absolute atomic E-state index is 0.173. The van der Waals surface area contributed by atoms with Crippen LogP contribution in [0.2, 0.25) is 0 Å². The zero-order chi connectivity index (χ0) is 15.1. The smallest absolute Gasteiger partial charge is 0.124 e. The Balaban J connectivity index is 2.10. The van der Waals surface area contributed by atoms with Gasteiger partial charge in [-0.2, -0.15) is 0 Å². The van der Waals surface area contributed by atoms with Gasteiger partial charge < -0.3 is 14.8 Å². The number of hydrogen-bond acceptors (Lipinski definition) is 3. The quantitative estimate of drug-likeness (QED) is 0.825. The summed E-state index contributed by atoms with van der Waals surface area (Å²) in [6.07, 6.45) is 0.173. The normalized spacial score (nSPS) is 10.7. The molecule has 0 saturated carbocycles. The van der Waals surface area contributed by atoms with Crippen LogP contribution in [0.25, 0.3) is 0 Å². The van der Waals surface area contributed by atoms with Crippen LogP contribution < -0.4 is 10.1 Å². The molecule has 0 aliphatic heterocycles. The van der Waals surface area contributed by atoms with Crippen LogP contribution in [0.15, 0.2) is 48.5 Å². The second kappa shape index (κ2) is 7.70. The number of nitrogens with one attached hydrogen (secondary N) is 1. The van der Waals surface area contributed by atoms with E-state index in [1.165, 1.54) is 0 Å². The first-order chi connectivity index (χ1) is 10.2. The van der Waals surface area contributed by atoms with E-state index in [1.807, 2.05) is 44.2 Å². The monoisotopic (exact) mass is 285 g/mol. The predicted molar refractivity (Wildman–Crippen MR) is 86.7 cm³/mol. The highest BCUT2D eigenvalue weighted by atomic mass is 16.5. The maximum absolute atomic E-state index is 5.85. The fraction of sp³-hybridized carbons (Fsp3) is 0.333. The van der Waals surface area contributed by atoms with Crippen LogP contribution >= 0.6 is 0 Å². The molecule has 0 heterocycles. The minimum Gasteiger partial charge on any atom is -0.491 e. The van der Waals surface area contributed by atoms with Gasteiger partial charge >= 0.3 is 0 Å². The summed E-state index contributed by atoms with van der Waals surface area (Å²) in [5.74, 6) is 0.934. The average molecular weight is 285 g/mol. The molecule has 3 heteroatoms. The lowest BCUT2D eigenvalue weighted by atomic mass is 10.1. The van der Waals surface area contributed by atoms with Gasteiger partial charge in [0, 0.05) is 30.5 Å². The van der Waals surface area contributed by atoms with Crippen LogP contribution in [-0.4, -0.2) is 13.2 Å². The van der Waals surface area contributed by atoms with E-state index < -0.39 is 0 Å². The lowest BCUT2D eigenvalue weighted by Crippen LogP contribution is -2.09. The molecule has 0 fully saturated rings. The molecule has 0 saturated heterocycles. The molecule has 21 heavy (non-hydrogen) atoms. The van der Waals surface area contributed by atoms with Gasteiger partial charge in [-0.05, 0) is 26.0 Å². The Kier molecular flexibility index (Phi) is 5.64. The van der Waals surface area contributed by atoms with Crippen molar-refractivity contribution in [3.8, 4) is 5.75 Å². The molecule has 0 aromatic heterocycles. The van der Waals surface area contributed by atoms with Crippen LogP contribution in [-0.2, 0) is 17.9 Å². The summed E-state index contributed by atoms with van der Waals surface area (Å²) in [5, 5.41) is 3.47.